The summed E-state index contributed by atoms with van der Waals surface area (Å²) >= 11 is 0. The fourth-order valence-electron chi connectivity index (χ4n) is 6.70. The van der Waals surface area contributed by atoms with Crippen LogP contribution in [0.5, 0.6) is 0 Å². The van der Waals surface area contributed by atoms with Crippen molar-refractivity contribution >= 4 is 17.9 Å². The normalized spacial score (nSPS) is 12.7. The van der Waals surface area contributed by atoms with Gasteiger partial charge in [-0.3, -0.25) is 14.4 Å². The third-order valence-corrected chi connectivity index (χ3v) is 10.4. The van der Waals surface area contributed by atoms with E-state index in [0.717, 1.165) is 83.5 Å². The maximum atomic E-state index is 12.8. The van der Waals surface area contributed by atoms with Crippen LogP contribution in [-0.4, -0.2) is 37.2 Å². The van der Waals surface area contributed by atoms with Gasteiger partial charge in [0.25, 0.3) is 0 Å². The Bertz CT molecular complexity index is 1140. The molecule has 0 aromatic heterocycles. The number of carbonyl (C=O) groups excluding carboxylic acids is 3. The molecule has 0 bridgehead atoms. The number of hydrogen-bond acceptors (Lipinski definition) is 6. The van der Waals surface area contributed by atoms with Crippen molar-refractivity contribution in [3.63, 3.8) is 0 Å². The van der Waals surface area contributed by atoms with Crippen LogP contribution >= 0.6 is 0 Å². The van der Waals surface area contributed by atoms with E-state index in [0.29, 0.717) is 12.8 Å². The van der Waals surface area contributed by atoms with E-state index in [1.165, 1.54) is 109 Å². The fourth-order valence-corrected chi connectivity index (χ4v) is 6.70. The van der Waals surface area contributed by atoms with Gasteiger partial charge in [0.1, 0.15) is 13.2 Å². The minimum absolute atomic E-state index is 0.110. The minimum atomic E-state index is -0.816. The number of allylic oxidation sites excluding steroid dienone is 11. The molecule has 0 spiro atoms. The first-order valence-corrected chi connectivity index (χ1v) is 24.9. The van der Waals surface area contributed by atoms with E-state index in [1.807, 2.05) is 6.08 Å². The standard InChI is InChI=1S/C54H92O6/c1-4-7-10-13-16-19-21-23-25-27-29-30-32-35-38-41-44-47-53(56)59-50-51(49-58-52(55)46-43-40-37-34-18-15-12-9-6-3)60-54(57)48-45-42-39-36-33-31-28-26-24-22-20-17-14-11-8-5-2/h9,12,16,18-19,23,25-26,28,34,40,43,51H,4-8,10-11,13-15,17,20-22,24,27,29-33,35-39,41-42,44-50H2,1-3H3/b12-9-,19-16-,25-23-,28-26-,34-18-,43-40-. The van der Waals surface area contributed by atoms with Crippen molar-refractivity contribution < 1.29 is 28.6 Å². The molecular formula is C54H92O6. The number of unbranched alkanes of at least 4 members (excludes halogenated alkanes) is 22. The van der Waals surface area contributed by atoms with Crippen molar-refractivity contribution in [3.8, 4) is 0 Å². The van der Waals surface area contributed by atoms with E-state index in [4.69, 9.17) is 14.2 Å². The Morgan fingerprint density at radius 3 is 1.22 bits per heavy atom. The van der Waals surface area contributed by atoms with E-state index in [2.05, 4.69) is 81.5 Å². The molecule has 0 rings (SSSR count). The van der Waals surface area contributed by atoms with Gasteiger partial charge in [-0.2, -0.15) is 0 Å². The van der Waals surface area contributed by atoms with Crippen LogP contribution < -0.4 is 0 Å². The maximum absolute atomic E-state index is 12.8. The number of esters is 3. The summed E-state index contributed by atoms with van der Waals surface area (Å²) in [5.41, 5.74) is 0. The van der Waals surface area contributed by atoms with Gasteiger partial charge in [0, 0.05) is 12.8 Å². The molecule has 0 saturated heterocycles. The van der Waals surface area contributed by atoms with Crippen molar-refractivity contribution in [1.82, 2.24) is 0 Å². The summed E-state index contributed by atoms with van der Waals surface area (Å²) < 4.78 is 16.6. The lowest BCUT2D eigenvalue weighted by molar-refractivity contribution is -0.166. The monoisotopic (exact) mass is 837 g/mol. The van der Waals surface area contributed by atoms with Gasteiger partial charge in [0.15, 0.2) is 6.10 Å². The van der Waals surface area contributed by atoms with Gasteiger partial charge in [0.2, 0.25) is 0 Å². The second-order valence-corrected chi connectivity index (χ2v) is 16.4. The molecule has 0 aliphatic carbocycles. The zero-order valence-corrected chi connectivity index (χ0v) is 39.2. The van der Waals surface area contributed by atoms with Crippen molar-refractivity contribution in [1.29, 1.82) is 0 Å². The molecular weight excluding hydrogens is 745 g/mol. The van der Waals surface area contributed by atoms with Crippen LogP contribution in [0.25, 0.3) is 0 Å². The molecule has 1 unspecified atom stereocenters. The summed E-state index contributed by atoms with van der Waals surface area (Å²) in [5.74, 6) is -1.06. The van der Waals surface area contributed by atoms with E-state index in [1.54, 1.807) is 6.08 Å². The molecule has 0 saturated carbocycles. The summed E-state index contributed by atoms with van der Waals surface area (Å²) in [5, 5.41) is 0. The highest BCUT2D eigenvalue weighted by atomic mass is 16.6. The lowest BCUT2D eigenvalue weighted by atomic mass is 10.1. The van der Waals surface area contributed by atoms with Crippen LogP contribution in [0.2, 0.25) is 0 Å². The molecule has 0 heterocycles. The highest BCUT2D eigenvalue weighted by Gasteiger charge is 2.19. The van der Waals surface area contributed by atoms with Crippen molar-refractivity contribution in [2.24, 2.45) is 0 Å². The third kappa shape index (κ3) is 45.9. The molecule has 60 heavy (non-hydrogen) atoms. The average molecular weight is 837 g/mol. The number of hydrogen-bond donors (Lipinski definition) is 0. The Labute approximate surface area is 370 Å². The van der Waals surface area contributed by atoms with Gasteiger partial charge in [-0.25, -0.2) is 0 Å². The molecule has 0 aromatic carbocycles. The van der Waals surface area contributed by atoms with Crippen LogP contribution in [0.4, 0.5) is 0 Å². The first-order valence-electron chi connectivity index (χ1n) is 24.9. The highest BCUT2D eigenvalue weighted by Crippen LogP contribution is 2.13. The highest BCUT2D eigenvalue weighted by molar-refractivity contribution is 5.72. The molecule has 0 fully saturated rings. The molecule has 0 radical (unpaired) electrons. The van der Waals surface area contributed by atoms with Gasteiger partial charge in [0.05, 0.1) is 6.42 Å². The molecule has 0 aliphatic heterocycles. The number of rotatable bonds is 44. The summed E-state index contributed by atoms with van der Waals surface area (Å²) in [6.07, 6.45) is 60.6. The van der Waals surface area contributed by atoms with Crippen LogP contribution in [0.1, 0.15) is 233 Å². The molecule has 6 heteroatoms. The molecule has 1 atom stereocenters. The molecule has 0 N–H and O–H groups in total. The van der Waals surface area contributed by atoms with Crippen molar-refractivity contribution in [2.75, 3.05) is 13.2 Å². The Hall–Kier alpha value is -3.15. The van der Waals surface area contributed by atoms with Crippen molar-refractivity contribution in [3.05, 3.63) is 72.9 Å². The van der Waals surface area contributed by atoms with Crippen LogP contribution in [0, 0.1) is 0 Å². The molecule has 0 amide bonds. The summed E-state index contributed by atoms with van der Waals surface area (Å²) in [6.45, 7) is 6.38. The van der Waals surface area contributed by atoms with Gasteiger partial charge in [-0.15, -0.1) is 0 Å². The second kappa shape index (κ2) is 48.5. The Morgan fingerprint density at radius 1 is 0.367 bits per heavy atom. The van der Waals surface area contributed by atoms with E-state index in [9.17, 15) is 14.4 Å². The smallest absolute Gasteiger partial charge is 0.309 e. The SMILES string of the molecule is CC/C=C\C/C=C\C/C=C\CC(=O)OCC(COC(=O)CCCCCCCCC/C=C\C/C=C\CCCCC)OC(=O)CCCCCCC/C=C\CCCCCCCCC. The number of carbonyl (C=O) groups is 3. The largest absolute Gasteiger partial charge is 0.462 e. The second-order valence-electron chi connectivity index (χ2n) is 16.4. The van der Waals surface area contributed by atoms with Crippen molar-refractivity contribution in [2.45, 2.75) is 239 Å². The molecule has 344 valence electrons. The first kappa shape index (κ1) is 56.9. The zero-order valence-electron chi connectivity index (χ0n) is 39.2. The maximum Gasteiger partial charge on any atom is 0.309 e. The summed E-state index contributed by atoms with van der Waals surface area (Å²) in [4.78, 5) is 37.8. The predicted octanol–water partition coefficient (Wildman–Crippen LogP) is 16.3. The fraction of sp³-hybridized carbons (Fsp3) is 0.722. The van der Waals surface area contributed by atoms with Gasteiger partial charge >= 0.3 is 17.9 Å². The van der Waals surface area contributed by atoms with Gasteiger partial charge < -0.3 is 14.2 Å². The average Bonchev–Trinajstić information content (AvgIpc) is 3.24. The predicted molar refractivity (Wildman–Crippen MR) is 256 cm³/mol. The van der Waals surface area contributed by atoms with Gasteiger partial charge in [-0.05, 0) is 89.9 Å². The lowest BCUT2D eigenvalue weighted by Crippen LogP contribution is -2.30. The number of ether oxygens (including phenoxy) is 3. The lowest BCUT2D eigenvalue weighted by Gasteiger charge is -2.18. The van der Waals surface area contributed by atoms with Crippen LogP contribution in [0.15, 0.2) is 72.9 Å². The first-order chi connectivity index (χ1) is 29.5. The molecule has 0 aromatic rings. The topological polar surface area (TPSA) is 78.9 Å². The van der Waals surface area contributed by atoms with Crippen LogP contribution in [0.3, 0.4) is 0 Å². The van der Waals surface area contributed by atoms with E-state index in [-0.39, 0.29) is 31.6 Å². The quantitative estimate of drug-likeness (QED) is 0.0263. The molecule has 6 nitrogen and oxygen atoms in total. The third-order valence-electron chi connectivity index (χ3n) is 10.4. The van der Waals surface area contributed by atoms with Gasteiger partial charge in [-0.1, -0.05) is 196 Å². The van der Waals surface area contributed by atoms with E-state index < -0.39 is 12.1 Å². The molecule has 0 aliphatic rings. The Balaban J connectivity index is 4.40. The Morgan fingerprint density at radius 2 is 0.717 bits per heavy atom. The van der Waals surface area contributed by atoms with E-state index >= 15 is 0 Å². The Kier molecular flexibility index (Phi) is 46.0. The minimum Gasteiger partial charge on any atom is -0.462 e. The van der Waals surface area contributed by atoms with Crippen LogP contribution in [-0.2, 0) is 28.6 Å². The summed E-state index contributed by atoms with van der Waals surface area (Å²) in [6, 6.07) is 0. The zero-order chi connectivity index (χ0) is 43.7. The summed E-state index contributed by atoms with van der Waals surface area (Å²) in [7, 11) is 0.